The molecule has 0 saturated heterocycles. The second-order valence-electron chi connectivity index (χ2n) is 12.1. The van der Waals surface area contributed by atoms with Gasteiger partial charge in [-0.2, -0.15) is 0 Å². The van der Waals surface area contributed by atoms with E-state index in [9.17, 15) is 9.59 Å². The molecule has 43 heavy (non-hydrogen) atoms. The van der Waals surface area contributed by atoms with E-state index >= 15 is 0 Å². The van der Waals surface area contributed by atoms with Gasteiger partial charge in [0.25, 0.3) is 11.8 Å². The van der Waals surface area contributed by atoms with E-state index in [-0.39, 0.29) is 11.8 Å². The van der Waals surface area contributed by atoms with E-state index in [0.29, 0.717) is 59.0 Å². The quantitative estimate of drug-likeness (QED) is 0.174. The molecule has 3 aromatic heterocycles. The van der Waals surface area contributed by atoms with Crippen LogP contribution >= 0.6 is 11.3 Å². The van der Waals surface area contributed by atoms with Crippen LogP contribution in [-0.4, -0.2) is 34.7 Å². The molecule has 2 amide bonds. The Kier molecular flexibility index (Phi) is 9.80. The third kappa shape index (κ3) is 6.19. The largest absolute Gasteiger partial charge is 0.460 e. The minimum atomic E-state index is -0.133. The molecule has 2 unspecified atom stereocenters. The fraction of sp³-hybridized carbons (Fsp3) is 0.500. The number of carbonyl (C=O) groups excluding carboxylic acids is 2. The zero-order valence-electron chi connectivity index (χ0n) is 26.6. The first-order valence-electron chi connectivity index (χ1n) is 16.2. The summed E-state index contributed by atoms with van der Waals surface area (Å²) >= 11 is 1.67. The van der Waals surface area contributed by atoms with Crippen LogP contribution in [0.15, 0.2) is 56.4 Å². The molecule has 0 radical (unpaired) electrons. The normalized spacial score (nSPS) is 16.7. The molecule has 0 saturated carbocycles. The molecule has 2 atom stereocenters. The molecule has 0 aromatic carbocycles. The molecule has 5 rings (SSSR count). The van der Waals surface area contributed by atoms with Crippen LogP contribution in [0.1, 0.15) is 101 Å². The molecule has 6 nitrogen and oxygen atoms in total. The van der Waals surface area contributed by atoms with Crippen molar-refractivity contribution in [3.05, 3.63) is 69.7 Å². The smallest absolute Gasteiger partial charge is 0.261 e. The predicted molar refractivity (Wildman–Crippen MR) is 174 cm³/mol. The summed E-state index contributed by atoms with van der Waals surface area (Å²) in [5.41, 5.74) is 2.11. The van der Waals surface area contributed by atoms with Gasteiger partial charge < -0.3 is 18.6 Å². The van der Waals surface area contributed by atoms with Gasteiger partial charge in [-0.1, -0.05) is 66.2 Å². The molecule has 0 aliphatic carbocycles. The highest BCUT2D eigenvalue weighted by atomic mass is 32.1. The number of hydrogen-bond acceptors (Lipinski definition) is 5. The Morgan fingerprint density at radius 3 is 1.63 bits per heavy atom. The third-order valence-electron chi connectivity index (χ3n) is 8.95. The average molecular weight is 603 g/mol. The number of fused-ring (bicyclic) bond motifs is 1. The van der Waals surface area contributed by atoms with Crippen molar-refractivity contribution in [1.29, 1.82) is 0 Å². The zero-order chi connectivity index (χ0) is 30.7. The van der Waals surface area contributed by atoms with Gasteiger partial charge in [0.1, 0.15) is 22.9 Å². The van der Waals surface area contributed by atoms with Gasteiger partial charge in [0.05, 0.1) is 16.0 Å². The first-order chi connectivity index (χ1) is 20.8. The Labute approximate surface area is 260 Å². The highest BCUT2D eigenvalue weighted by Gasteiger charge is 2.50. The van der Waals surface area contributed by atoms with Gasteiger partial charge in [-0.05, 0) is 74.9 Å². The molecular weight excluding hydrogens is 556 g/mol. The summed E-state index contributed by atoms with van der Waals surface area (Å²) < 4.78 is 12.6. The minimum absolute atomic E-state index is 0.133. The Morgan fingerprint density at radius 1 is 0.674 bits per heavy atom. The van der Waals surface area contributed by atoms with E-state index in [1.54, 1.807) is 11.3 Å². The number of carbonyl (C=O) groups is 2. The van der Waals surface area contributed by atoms with Crippen LogP contribution in [0.3, 0.4) is 0 Å². The van der Waals surface area contributed by atoms with Crippen molar-refractivity contribution in [3.63, 3.8) is 0 Å². The van der Waals surface area contributed by atoms with Crippen LogP contribution in [0.5, 0.6) is 0 Å². The molecule has 230 valence electrons. The second-order valence-corrected chi connectivity index (χ2v) is 13.4. The van der Waals surface area contributed by atoms with Gasteiger partial charge in [0.2, 0.25) is 0 Å². The average Bonchev–Trinajstić information content (AvgIpc) is 3.82. The van der Waals surface area contributed by atoms with Gasteiger partial charge in [-0.25, -0.2) is 0 Å². The lowest BCUT2D eigenvalue weighted by atomic mass is 9.98. The van der Waals surface area contributed by atoms with Crippen LogP contribution in [0, 0.1) is 25.7 Å². The second kappa shape index (κ2) is 13.5. The number of rotatable bonds is 15. The van der Waals surface area contributed by atoms with Gasteiger partial charge in [-0.3, -0.25) is 9.59 Å². The van der Waals surface area contributed by atoms with Crippen molar-refractivity contribution in [2.75, 3.05) is 13.1 Å². The Hall–Kier alpha value is -3.32. The molecule has 0 spiro atoms. The molecule has 3 aromatic rings. The van der Waals surface area contributed by atoms with Crippen molar-refractivity contribution in [1.82, 2.24) is 9.80 Å². The highest BCUT2D eigenvalue weighted by Crippen LogP contribution is 2.48. The van der Waals surface area contributed by atoms with E-state index in [2.05, 4.69) is 46.8 Å². The van der Waals surface area contributed by atoms with Crippen molar-refractivity contribution in [2.24, 2.45) is 11.8 Å². The van der Waals surface area contributed by atoms with E-state index in [1.807, 2.05) is 41.0 Å². The molecule has 7 heteroatoms. The zero-order valence-corrected chi connectivity index (χ0v) is 27.4. The van der Waals surface area contributed by atoms with Crippen LogP contribution in [0.25, 0.3) is 22.0 Å². The number of thiophene rings is 1. The molecule has 0 N–H and O–H groups in total. The number of aryl methyl sites for hydroxylation is 2. The standard InChI is InChI=1S/C36H46N2O4S/c1-7-11-13-25(9-3)21-37-33(28-17-15-23(5)41-28)31-32(36(37)40)34(38(35(31)39)22-26(10-4)14-12-8-2)29-19-18-27(42-29)30-20-16-24(6)43-30/h15-20,25-26H,7-14,21-22H2,1-6H3. The van der Waals surface area contributed by atoms with E-state index in [4.69, 9.17) is 8.83 Å². The molecular formula is C36H46N2O4S. The summed E-state index contributed by atoms with van der Waals surface area (Å²) in [7, 11) is 0. The van der Waals surface area contributed by atoms with Gasteiger partial charge in [-0.15, -0.1) is 11.3 Å². The van der Waals surface area contributed by atoms with Crippen LogP contribution in [0.2, 0.25) is 0 Å². The summed E-state index contributed by atoms with van der Waals surface area (Å²) in [5.74, 6) is 3.03. The Bertz CT molecular complexity index is 1520. The van der Waals surface area contributed by atoms with E-state index < -0.39 is 0 Å². The summed E-state index contributed by atoms with van der Waals surface area (Å²) in [6.07, 6.45) is 8.45. The number of unbranched alkanes of at least 4 members (excludes halogenated alkanes) is 2. The lowest BCUT2D eigenvalue weighted by Gasteiger charge is -2.28. The number of hydrogen-bond donors (Lipinski definition) is 0. The summed E-state index contributed by atoms with van der Waals surface area (Å²) in [4.78, 5) is 35.0. The van der Waals surface area contributed by atoms with E-state index in [1.165, 1.54) is 4.88 Å². The number of furan rings is 2. The Morgan fingerprint density at radius 2 is 1.19 bits per heavy atom. The van der Waals surface area contributed by atoms with Crippen LogP contribution in [-0.2, 0) is 9.59 Å². The maximum atomic E-state index is 14.6. The minimum Gasteiger partial charge on any atom is -0.460 e. The maximum absolute atomic E-state index is 14.6. The van der Waals surface area contributed by atoms with Gasteiger partial charge in [0.15, 0.2) is 11.5 Å². The molecule has 0 bridgehead atoms. The molecule has 0 fully saturated rings. The van der Waals surface area contributed by atoms with Crippen molar-refractivity contribution < 1.29 is 18.4 Å². The fourth-order valence-corrected chi connectivity index (χ4v) is 7.16. The number of amides is 2. The molecule has 2 aliphatic heterocycles. The van der Waals surface area contributed by atoms with Crippen LogP contribution < -0.4 is 0 Å². The van der Waals surface area contributed by atoms with Crippen molar-refractivity contribution in [3.8, 4) is 10.6 Å². The first-order valence-corrected chi connectivity index (χ1v) is 17.0. The van der Waals surface area contributed by atoms with E-state index in [0.717, 1.165) is 67.8 Å². The van der Waals surface area contributed by atoms with Gasteiger partial charge >= 0.3 is 0 Å². The van der Waals surface area contributed by atoms with Gasteiger partial charge in [0, 0.05) is 18.0 Å². The summed E-state index contributed by atoms with van der Waals surface area (Å²) in [5, 5.41) is 0. The summed E-state index contributed by atoms with van der Waals surface area (Å²) in [6, 6.07) is 11.8. The first kappa shape index (κ1) is 31.1. The highest BCUT2D eigenvalue weighted by molar-refractivity contribution is 7.15. The van der Waals surface area contributed by atoms with Crippen molar-refractivity contribution >= 4 is 34.5 Å². The summed E-state index contributed by atoms with van der Waals surface area (Å²) in [6.45, 7) is 13.8. The topological polar surface area (TPSA) is 66.9 Å². The SMILES string of the molecule is CCCCC(CC)CN1C(=O)C2=C(c3ccc(-c4ccc(C)s4)o3)N(CC(CC)CCCC)C(=O)C2=C1c1ccc(C)o1. The third-order valence-corrected chi connectivity index (χ3v) is 9.96. The monoisotopic (exact) mass is 602 g/mol. The number of nitrogens with zero attached hydrogens (tertiary/aromatic N) is 2. The fourth-order valence-electron chi connectivity index (χ4n) is 6.33. The Balaban J connectivity index is 1.66. The van der Waals surface area contributed by atoms with Crippen molar-refractivity contribution in [2.45, 2.75) is 92.9 Å². The molecule has 2 aliphatic rings. The predicted octanol–water partition coefficient (Wildman–Crippen LogP) is 9.46. The lowest BCUT2D eigenvalue weighted by molar-refractivity contribution is -0.124. The lowest BCUT2D eigenvalue weighted by Crippen LogP contribution is -2.34. The molecule has 5 heterocycles. The maximum Gasteiger partial charge on any atom is 0.261 e. The van der Waals surface area contributed by atoms with Crippen LogP contribution in [0.4, 0.5) is 0 Å².